The van der Waals surface area contributed by atoms with E-state index >= 15 is 0 Å². The number of fused-ring (bicyclic) bond motifs is 6. The van der Waals surface area contributed by atoms with Crippen LogP contribution in [0.25, 0.3) is 6.08 Å². The van der Waals surface area contributed by atoms with E-state index in [1.807, 2.05) is 84.0 Å². The van der Waals surface area contributed by atoms with Crippen LogP contribution in [0.2, 0.25) is 5.02 Å². The summed E-state index contributed by atoms with van der Waals surface area (Å²) in [7, 11) is 0. The van der Waals surface area contributed by atoms with Crippen molar-refractivity contribution in [2.45, 2.75) is 24.4 Å². The molecule has 0 saturated carbocycles. The number of halogens is 1. The highest BCUT2D eigenvalue weighted by molar-refractivity contribution is 7.12. The van der Waals surface area contributed by atoms with E-state index in [2.05, 4.69) is 5.32 Å². The van der Waals surface area contributed by atoms with Gasteiger partial charge in [0, 0.05) is 22.0 Å². The monoisotopic (exact) mass is 550 g/mol. The third kappa shape index (κ3) is 3.35. The smallest absolute Gasteiger partial charge is 0.238 e. The number of hydrogen-bond donors (Lipinski definition) is 1. The number of aryl methyl sites for hydroxylation is 1. The fourth-order valence-corrected chi connectivity index (χ4v) is 7.49. The zero-order valence-electron chi connectivity index (χ0n) is 20.9. The second kappa shape index (κ2) is 8.76. The normalized spacial score (nSPS) is 24.3. The molecule has 192 valence electrons. The van der Waals surface area contributed by atoms with Gasteiger partial charge in [0.2, 0.25) is 5.91 Å². The number of benzene rings is 3. The number of nitrogens with one attached hydrogen (secondary N) is 1. The van der Waals surface area contributed by atoms with Gasteiger partial charge in [0.15, 0.2) is 11.6 Å². The Labute approximate surface area is 234 Å². The molecule has 3 aliphatic rings. The quantitative estimate of drug-likeness (QED) is 0.292. The van der Waals surface area contributed by atoms with Crippen molar-refractivity contribution >= 4 is 57.9 Å². The molecule has 0 bridgehead atoms. The third-order valence-electron chi connectivity index (χ3n) is 8.25. The summed E-state index contributed by atoms with van der Waals surface area (Å²) in [6.45, 7) is 1.96. The summed E-state index contributed by atoms with van der Waals surface area (Å²) >= 11 is 7.69. The van der Waals surface area contributed by atoms with Gasteiger partial charge < -0.3 is 10.2 Å². The molecule has 1 fully saturated rings. The molecule has 0 radical (unpaired) electrons. The lowest BCUT2D eigenvalue weighted by atomic mass is 9.64. The SMILES string of the molecule is Cc1ccc(C(=O)[C@@H]2[C@H](C(=O)c3cccs3)N3c4ccc(Cl)cc4C=C[C@@H]3[C@@]23C(=O)Nc2ccccc23)cc1. The van der Waals surface area contributed by atoms with Crippen molar-refractivity contribution in [3.63, 3.8) is 0 Å². The highest BCUT2D eigenvalue weighted by atomic mass is 35.5. The Balaban J connectivity index is 1.54. The van der Waals surface area contributed by atoms with E-state index in [0.29, 0.717) is 21.2 Å². The summed E-state index contributed by atoms with van der Waals surface area (Å²) in [6, 6.07) is 22.5. The first kappa shape index (κ1) is 24.1. The second-order valence-electron chi connectivity index (χ2n) is 10.3. The van der Waals surface area contributed by atoms with Crippen LogP contribution in [0.1, 0.15) is 36.7 Å². The minimum Gasteiger partial charge on any atom is -0.352 e. The number of ketones is 2. The van der Waals surface area contributed by atoms with Crippen LogP contribution in [-0.2, 0) is 10.2 Å². The lowest BCUT2D eigenvalue weighted by Crippen LogP contribution is -2.51. The van der Waals surface area contributed by atoms with E-state index in [1.54, 1.807) is 24.3 Å². The van der Waals surface area contributed by atoms with Gasteiger partial charge in [-0.3, -0.25) is 14.4 Å². The summed E-state index contributed by atoms with van der Waals surface area (Å²) < 4.78 is 0. The van der Waals surface area contributed by atoms with E-state index in [0.717, 1.165) is 22.4 Å². The van der Waals surface area contributed by atoms with Gasteiger partial charge in [0.25, 0.3) is 0 Å². The number of Topliss-reactive ketones (excluding diaryl/α,β-unsaturated/α-hetero) is 2. The molecular formula is C32H23ClN2O3S. The van der Waals surface area contributed by atoms with Crippen molar-refractivity contribution in [1.29, 1.82) is 0 Å². The Bertz CT molecular complexity index is 1690. The van der Waals surface area contributed by atoms with Gasteiger partial charge in [-0.1, -0.05) is 77.8 Å². The largest absolute Gasteiger partial charge is 0.352 e. The molecule has 5 nitrogen and oxygen atoms in total. The van der Waals surface area contributed by atoms with Gasteiger partial charge in [-0.15, -0.1) is 11.3 Å². The second-order valence-corrected chi connectivity index (χ2v) is 11.7. The highest BCUT2D eigenvalue weighted by Gasteiger charge is 2.70. The molecule has 4 atom stereocenters. The van der Waals surface area contributed by atoms with E-state index in [1.165, 1.54) is 11.3 Å². The van der Waals surface area contributed by atoms with Crippen LogP contribution >= 0.6 is 22.9 Å². The molecule has 3 aromatic carbocycles. The van der Waals surface area contributed by atoms with Crippen LogP contribution in [0, 0.1) is 12.8 Å². The molecule has 1 spiro atoms. The molecule has 4 aromatic rings. The average Bonchev–Trinajstić information content (AvgIpc) is 3.65. The lowest BCUT2D eigenvalue weighted by Gasteiger charge is -2.37. The predicted octanol–water partition coefficient (Wildman–Crippen LogP) is 6.57. The van der Waals surface area contributed by atoms with E-state index in [9.17, 15) is 14.4 Å². The Morgan fingerprint density at radius 1 is 0.974 bits per heavy atom. The summed E-state index contributed by atoms with van der Waals surface area (Å²) in [5, 5.41) is 5.48. The summed E-state index contributed by atoms with van der Waals surface area (Å²) in [4.78, 5) is 45.9. The summed E-state index contributed by atoms with van der Waals surface area (Å²) in [6.07, 6.45) is 3.90. The van der Waals surface area contributed by atoms with E-state index in [-0.39, 0.29) is 17.5 Å². The molecule has 7 rings (SSSR count). The standard InChI is InChI=1S/C32H23ClN2O3S/c1-18-8-10-19(11-9-18)29(36)27-28(30(37)25-7-4-16-39-25)35-24-14-13-21(33)17-20(24)12-15-26(35)32(27)22-5-2-3-6-23(22)34-31(32)38/h2-17,26-28H,1H3,(H,34,38)/t26-,27+,28-,32-/m1/s1. The molecule has 1 saturated heterocycles. The molecule has 1 aromatic heterocycles. The number of thiophene rings is 1. The van der Waals surface area contributed by atoms with Gasteiger partial charge in [-0.2, -0.15) is 0 Å². The first-order chi connectivity index (χ1) is 18.9. The fourth-order valence-electron chi connectivity index (χ4n) is 6.61. The highest BCUT2D eigenvalue weighted by Crippen LogP contribution is 2.58. The van der Waals surface area contributed by atoms with Crippen molar-refractivity contribution in [2.75, 3.05) is 10.2 Å². The molecular weight excluding hydrogens is 528 g/mol. The fraction of sp³-hybridized carbons (Fsp3) is 0.156. The van der Waals surface area contributed by atoms with Crippen molar-refractivity contribution in [1.82, 2.24) is 0 Å². The van der Waals surface area contributed by atoms with Gasteiger partial charge in [-0.05, 0) is 53.8 Å². The van der Waals surface area contributed by atoms with Crippen LogP contribution in [-0.4, -0.2) is 29.6 Å². The molecule has 3 aliphatic heterocycles. The van der Waals surface area contributed by atoms with Crippen LogP contribution in [0.4, 0.5) is 11.4 Å². The van der Waals surface area contributed by atoms with Gasteiger partial charge >= 0.3 is 0 Å². The van der Waals surface area contributed by atoms with Crippen molar-refractivity contribution in [3.8, 4) is 0 Å². The summed E-state index contributed by atoms with van der Waals surface area (Å²) in [5.74, 6) is -1.65. The Morgan fingerprint density at radius 2 is 1.77 bits per heavy atom. The molecule has 0 aliphatic carbocycles. The first-order valence-electron chi connectivity index (χ1n) is 12.8. The lowest BCUT2D eigenvalue weighted by molar-refractivity contribution is -0.121. The zero-order valence-corrected chi connectivity index (χ0v) is 22.5. The predicted molar refractivity (Wildman–Crippen MR) is 155 cm³/mol. The van der Waals surface area contributed by atoms with Crippen molar-refractivity contribution < 1.29 is 14.4 Å². The maximum Gasteiger partial charge on any atom is 0.238 e. The minimum absolute atomic E-state index is 0.175. The summed E-state index contributed by atoms with van der Waals surface area (Å²) in [5.41, 5.74) is 3.21. The third-order valence-corrected chi connectivity index (χ3v) is 9.37. The van der Waals surface area contributed by atoms with Gasteiger partial charge in [-0.25, -0.2) is 0 Å². The Kier molecular flexibility index (Phi) is 5.41. The minimum atomic E-state index is -1.32. The Hall–Kier alpha value is -4.00. The topological polar surface area (TPSA) is 66.5 Å². The number of amides is 1. The Morgan fingerprint density at radius 3 is 2.54 bits per heavy atom. The average molecular weight is 551 g/mol. The van der Waals surface area contributed by atoms with Gasteiger partial charge in [0.05, 0.1) is 16.8 Å². The zero-order chi connectivity index (χ0) is 26.9. The number of carbonyl (C=O) groups is 3. The van der Waals surface area contributed by atoms with E-state index < -0.39 is 23.4 Å². The van der Waals surface area contributed by atoms with Crippen LogP contribution in [0.3, 0.4) is 0 Å². The van der Waals surface area contributed by atoms with Crippen molar-refractivity contribution in [3.05, 3.63) is 122 Å². The molecule has 0 unspecified atom stereocenters. The number of nitrogens with zero attached hydrogens (tertiary/aromatic N) is 1. The van der Waals surface area contributed by atoms with Crippen LogP contribution < -0.4 is 10.2 Å². The van der Waals surface area contributed by atoms with Crippen LogP contribution in [0.5, 0.6) is 0 Å². The molecule has 1 N–H and O–H groups in total. The number of carbonyl (C=O) groups excluding carboxylic acids is 3. The number of hydrogen-bond acceptors (Lipinski definition) is 5. The first-order valence-corrected chi connectivity index (χ1v) is 14.0. The van der Waals surface area contributed by atoms with E-state index in [4.69, 9.17) is 11.6 Å². The number of para-hydroxylation sites is 1. The molecule has 7 heteroatoms. The molecule has 1 amide bonds. The maximum absolute atomic E-state index is 14.7. The maximum atomic E-state index is 14.7. The number of anilines is 2. The van der Waals surface area contributed by atoms with Crippen LogP contribution in [0.15, 0.2) is 90.3 Å². The van der Waals surface area contributed by atoms with Gasteiger partial charge in [0.1, 0.15) is 11.5 Å². The number of rotatable bonds is 4. The van der Waals surface area contributed by atoms with Crippen molar-refractivity contribution in [2.24, 2.45) is 5.92 Å². The molecule has 4 heterocycles. The molecule has 39 heavy (non-hydrogen) atoms.